The molecule has 100 valence electrons. The van der Waals surface area contributed by atoms with Gasteiger partial charge in [-0.15, -0.1) is 0 Å². The average Bonchev–Trinajstić information content (AvgIpc) is 2.35. The van der Waals surface area contributed by atoms with Crippen LogP contribution in [-0.4, -0.2) is 44.6 Å². The number of hydrogen-bond acceptors (Lipinski definition) is 5. The molecule has 0 fully saturated rings. The Bertz CT molecular complexity index is 394. The molecule has 0 aromatic heterocycles. The predicted molar refractivity (Wildman–Crippen MR) is 66.0 cm³/mol. The molecule has 0 heterocycles. The standard InChI is InChI=1S/C12H17NO5/c1-16-4-5-17-6-7-18-11-3-2-9(12(14)15)8-10(11)13/h2-3,8H,4-7,13H2,1H3,(H,14,15). The number of aromatic carboxylic acids is 1. The fourth-order valence-electron chi connectivity index (χ4n) is 1.27. The summed E-state index contributed by atoms with van der Waals surface area (Å²) in [5, 5.41) is 8.77. The molecular weight excluding hydrogens is 238 g/mol. The maximum atomic E-state index is 10.7. The number of carboxylic acid groups (broad SMARTS) is 1. The molecule has 6 heteroatoms. The molecule has 0 bridgehead atoms. The van der Waals surface area contributed by atoms with Crippen LogP contribution in [0.1, 0.15) is 10.4 Å². The fraction of sp³-hybridized carbons (Fsp3) is 0.417. The Morgan fingerprint density at radius 2 is 2.00 bits per heavy atom. The van der Waals surface area contributed by atoms with Gasteiger partial charge in [0.25, 0.3) is 0 Å². The van der Waals surface area contributed by atoms with E-state index < -0.39 is 5.97 Å². The highest BCUT2D eigenvalue weighted by atomic mass is 16.5. The number of carboxylic acids is 1. The van der Waals surface area contributed by atoms with Crippen molar-refractivity contribution in [2.45, 2.75) is 0 Å². The number of benzene rings is 1. The van der Waals surface area contributed by atoms with E-state index in [4.69, 9.17) is 25.1 Å². The van der Waals surface area contributed by atoms with Gasteiger partial charge in [-0.1, -0.05) is 0 Å². The molecule has 0 saturated carbocycles. The molecule has 0 saturated heterocycles. The van der Waals surface area contributed by atoms with Gasteiger partial charge >= 0.3 is 5.97 Å². The Morgan fingerprint density at radius 1 is 1.28 bits per heavy atom. The first kappa shape index (κ1) is 14.3. The molecule has 3 N–H and O–H groups in total. The monoisotopic (exact) mass is 255 g/mol. The van der Waals surface area contributed by atoms with E-state index in [1.165, 1.54) is 18.2 Å². The van der Waals surface area contributed by atoms with Gasteiger partial charge in [-0.05, 0) is 18.2 Å². The molecule has 18 heavy (non-hydrogen) atoms. The zero-order chi connectivity index (χ0) is 13.4. The molecule has 1 rings (SSSR count). The molecular formula is C12H17NO5. The number of methoxy groups -OCH3 is 1. The molecule has 1 aromatic rings. The van der Waals surface area contributed by atoms with Gasteiger partial charge in [-0.3, -0.25) is 0 Å². The Morgan fingerprint density at radius 3 is 2.61 bits per heavy atom. The van der Waals surface area contributed by atoms with E-state index in [1.54, 1.807) is 7.11 Å². The molecule has 1 aromatic carbocycles. The molecule has 6 nitrogen and oxygen atoms in total. The Balaban J connectivity index is 2.36. The third-order valence-electron chi connectivity index (χ3n) is 2.17. The number of nitrogens with two attached hydrogens (primary N) is 1. The van der Waals surface area contributed by atoms with Crippen LogP contribution in [0, 0.1) is 0 Å². The summed E-state index contributed by atoms with van der Waals surface area (Å²) in [6.45, 7) is 1.81. The third kappa shape index (κ3) is 4.60. The molecule has 0 aliphatic carbocycles. The van der Waals surface area contributed by atoms with Crippen LogP contribution >= 0.6 is 0 Å². The van der Waals surface area contributed by atoms with Crippen molar-refractivity contribution in [3.05, 3.63) is 23.8 Å². The van der Waals surface area contributed by atoms with E-state index in [-0.39, 0.29) is 5.56 Å². The Labute approximate surface area is 105 Å². The van der Waals surface area contributed by atoms with Crippen LogP contribution in [0.25, 0.3) is 0 Å². The largest absolute Gasteiger partial charge is 0.489 e. The van der Waals surface area contributed by atoms with E-state index in [2.05, 4.69) is 0 Å². The van der Waals surface area contributed by atoms with Crippen LogP contribution in [0.15, 0.2) is 18.2 Å². The Hall–Kier alpha value is -1.79. The maximum absolute atomic E-state index is 10.7. The summed E-state index contributed by atoms with van der Waals surface area (Å²) in [5.74, 6) is -0.563. The summed E-state index contributed by atoms with van der Waals surface area (Å²) >= 11 is 0. The van der Waals surface area contributed by atoms with Crippen molar-refractivity contribution in [2.24, 2.45) is 0 Å². The second kappa shape index (κ2) is 7.52. The van der Waals surface area contributed by atoms with E-state index >= 15 is 0 Å². The molecule has 0 aliphatic heterocycles. The lowest BCUT2D eigenvalue weighted by atomic mass is 10.2. The normalized spacial score (nSPS) is 10.3. The van der Waals surface area contributed by atoms with Crippen molar-refractivity contribution in [3.8, 4) is 5.75 Å². The number of anilines is 1. The molecule has 0 spiro atoms. The number of carbonyl (C=O) groups is 1. The van der Waals surface area contributed by atoms with Crippen molar-refractivity contribution in [1.82, 2.24) is 0 Å². The summed E-state index contributed by atoms with van der Waals surface area (Å²) in [7, 11) is 1.60. The lowest BCUT2D eigenvalue weighted by molar-refractivity contribution is 0.0545. The predicted octanol–water partition coefficient (Wildman–Crippen LogP) is 1.01. The van der Waals surface area contributed by atoms with Gasteiger partial charge in [0.1, 0.15) is 12.4 Å². The van der Waals surface area contributed by atoms with Crippen LogP contribution in [0.2, 0.25) is 0 Å². The quantitative estimate of drug-likeness (QED) is 0.532. The van der Waals surface area contributed by atoms with Gasteiger partial charge in [-0.2, -0.15) is 0 Å². The molecule has 0 radical (unpaired) electrons. The van der Waals surface area contributed by atoms with Gasteiger partial charge in [0.15, 0.2) is 0 Å². The van der Waals surface area contributed by atoms with Gasteiger partial charge in [0, 0.05) is 7.11 Å². The van der Waals surface area contributed by atoms with E-state index in [0.29, 0.717) is 37.9 Å². The van der Waals surface area contributed by atoms with Crippen LogP contribution in [0.3, 0.4) is 0 Å². The highest BCUT2D eigenvalue weighted by Crippen LogP contribution is 2.22. The second-order valence-electron chi connectivity index (χ2n) is 3.51. The van der Waals surface area contributed by atoms with E-state index in [0.717, 1.165) is 0 Å². The van der Waals surface area contributed by atoms with Gasteiger partial charge in [-0.25, -0.2) is 4.79 Å². The molecule has 0 unspecified atom stereocenters. The van der Waals surface area contributed by atoms with E-state index in [9.17, 15) is 4.79 Å². The highest BCUT2D eigenvalue weighted by Gasteiger charge is 2.06. The average molecular weight is 255 g/mol. The Kier molecular flexibility index (Phi) is 5.96. The maximum Gasteiger partial charge on any atom is 0.335 e. The smallest absolute Gasteiger partial charge is 0.335 e. The number of rotatable bonds is 8. The minimum absolute atomic E-state index is 0.135. The SMILES string of the molecule is COCCOCCOc1ccc(C(=O)O)cc1N. The summed E-state index contributed by atoms with van der Waals surface area (Å²) in [6, 6.07) is 4.34. The summed E-state index contributed by atoms with van der Waals surface area (Å²) < 4.78 is 15.4. The van der Waals surface area contributed by atoms with Gasteiger partial charge in [0.05, 0.1) is 31.1 Å². The second-order valence-corrected chi connectivity index (χ2v) is 3.51. The lowest BCUT2D eigenvalue weighted by Gasteiger charge is -2.09. The molecule has 0 atom stereocenters. The van der Waals surface area contributed by atoms with Crippen molar-refractivity contribution >= 4 is 11.7 Å². The lowest BCUT2D eigenvalue weighted by Crippen LogP contribution is -2.11. The van der Waals surface area contributed by atoms with Crippen molar-refractivity contribution in [3.63, 3.8) is 0 Å². The number of ether oxygens (including phenoxy) is 3. The highest BCUT2D eigenvalue weighted by molar-refractivity contribution is 5.89. The number of nitrogen functional groups attached to an aromatic ring is 1. The summed E-state index contributed by atoms with van der Waals surface area (Å²) in [4.78, 5) is 10.7. The zero-order valence-electron chi connectivity index (χ0n) is 10.2. The summed E-state index contributed by atoms with van der Waals surface area (Å²) in [6.07, 6.45) is 0. The van der Waals surface area contributed by atoms with Crippen LogP contribution in [0.5, 0.6) is 5.75 Å². The molecule has 0 amide bonds. The fourth-order valence-corrected chi connectivity index (χ4v) is 1.27. The van der Waals surface area contributed by atoms with Crippen molar-refractivity contribution in [2.75, 3.05) is 39.3 Å². The van der Waals surface area contributed by atoms with Crippen LogP contribution in [0.4, 0.5) is 5.69 Å². The zero-order valence-corrected chi connectivity index (χ0v) is 10.2. The van der Waals surface area contributed by atoms with Gasteiger partial charge < -0.3 is 25.1 Å². The van der Waals surface area contributed by atoms with E-state index in [1.807, 2.05) is 0 Å². The van der Waals surface area contributed by atoms with Crippen LogP contribution in [-0.2, 0) is 9.47 Å². The van der Waals surface area contributed by atoms with Crippen molar-refractivity contribution < 1.29 is 24.1 Å². The first-order valence-electron chi connectivity index (χ1n) is 5.47. The third-order valence-corrected chi connectivity index (χ3v) is 2.17. The minimum atomic E-state index is -1.02. The number of hydrogen-bond donors (Lipinski definition) is 2. The first-order valence-corrected chi connectivity index (χ1v) is 5.47. The topological polar surface area (TPSA) is 91.0 Å². The minimum Gasteiger partial charge on any atom is -0.489 e. The van der Waals surface area contributed by atoms with Gasteiger partial charge in [0.2, 0.25) is 0 Å². The summed E-state index contributed by atoms with van der Waals surface area (Å²) in [5.41, 5.74) is 6.11. The van der Waals surface area contributed by atoms with Crippen LogP contribution < -0.4 is 10.5 Å². The molecule has 0 aliphatic rings. The first-order chi connectivity index (χ1) is 8.65. The van der Waals surface area contributed by atoms with Crippen molar-refractivity contribution in [1.29, 1.82) is 0 Å².